The molecule has 1 saturated carbocycles. The van der Waals surface area contributed by atoms with Gasteiger partial charge >= 0.3 is 11.9 Å². The lowest BCUT2D eigenvalue weighted by Crippen LogP contribution is -2.38. The Bertz CT molecular complexity index is 1570. The molecule has 0 N–H and O–H groups in total. The Morgan fingerprint density at radius 3 is 2.24 bits per heavy atom. The summed E-state index contributed by atoms with van der Waals surface area (Å²) in [5.74, 6) is -0.875. The van der Waals surface area contributed by atoms with Crippen LogP contribution in [0.15, 0.2) is 101 Å². The largest absolute Gasteiger partial charge is 0.490 e. The van der Waals surface area contributed by atoms with Gasteiger partial charge in [0.15, 0.2) is 6.10 Å². The zero-order valence-electron chi connectivity index (χ0n) is 22.8. The van der Waals surface area contributed by atoms with E-state index in [4.69, 9.17) is 25.8 Å². The van der Waals surface area contributed by atoms with Gasteiger partial charge in [0.2, 0.25) is 5.84 Å². The van der Waals surface area contributed by atoms with E-state index >= 15 is 0 Å². The summed E-state index contributed by atoms with van der Waals surface area (Å²) in [6, 6.07) is 25.5. The first kappa shape index (κ1) is 27.0. The lowest BCUT2D eigenvalue weighted by atomic mass is 9.84. The van der Waals surface area contributed by atoms with E-state index in [2.05, 4.69) is 9.98 Å². The van der Waals surface area contributed by atoms with Crippen molar-refractivity contribution in [1.82, 2.24) is 0 Å². The molecule has 41 heavy (non-hydrogen) atoms. The van der Waals surface area contributed by atoms with E-state index < -0.39 is 23.0 Å². The van der Waals surface area contributed by atoms with E-state index in [9.17, 15) is 9.59 Å². The molecule has 3 aromatic carbocycles. The third-order valence-electron chi connectivity index (χ3n) is 7.94. The number of ether oxygens (including phenoxy) is 3. The lowest BCUT2D eigenvalue weighted by Gasteiger charge is -2.31. The number of carbonyl (C=O) groups excluding carboxylic acids is 2. The second kappa shape index (κ2) is 10.6. The number of benzene rings is 3. The minimum atomic E-state index is -0.950. The fourth-order valence-corrected chi connectivity index (χ4v) is 5.74. The summed E-state index contributed by atoms with van der Waals surface area (Å²) in [6.07, 6.45) is 2.70. The van der Waals surface area contributed by atoms with Gasteiger partial charge in [0, 0.05) is 0 Å². The maximum atomic E-state index is 12.8. The smallest absolute Gasteiger partial charge is 0.376 e. The number of nitrogens with zero attached hydrogens (tertiary/aromatic N) is 2. The summed E-state index contributed by atoms with van der Waals surface area (Å²) in [6.45, 7) is 4.20. The van der Waals surface area contributed by atoms with Gasteiger partial charge in [0.1, 0.15) is 17.3 Å². The molecule has 0 aromatic heterocycles. The molecule has 2 atom stereocenters. The number of hydrogen-bond acceptors (Lipinski definition) is 7. The standard InChI is InChI=1S/C33H29ClN2O5/c1-3-39-31(38)33(17-18-33)25-15-13-23(14-16-25)22-9-11-24(12-10-22)27-32(2)26(20-40-27)28(34)35-29(36-32)30(37)41-19-21-7-5-4-6-8-21/h4-16,20,27H,3,17-19H2,1-2H3. The number of fused-ring (bicyclic) bond motifs is 1. The molecule has 0 spiro atoms. The zero-order valence-corrected chi connectivity index (χ0v) is 23.6. The van der Waals surface area contributed by atoms with Crippen molar-refractivity contribution in [3.8, 4) is 11.1 Å². The monoisotopic (exact) mass is 568 g/mol. The van der Waals surface area contributed by atoms with E-state index in [0.29, 0.717) is 12.2 Å². The van der Waals surface area contributed by atoms with Crippen LogP contribution in [0, 0.1) is 0 Å². The second-order valence-electron chi connectivity index (χ2n) is 10.6. The number of aliphatic imine (C=N–C) groups is 2. The van der Waals surface area contributed by atoms with Crippen molar-refractivity contribution in [2.24, 2.45) is 9.98 Å². The van der Waals surface area contributed by atoms with Crippen molar-refractivity contribution in [3.05, 3.63) is 107 Å². The van der Waals surface area contributed by atoms with Gasteiger partial charge in [-0.2, -0.15) is 0 Å². The van der Waals surface area contributed by atoms with E-state index in [-0.39, 0.29) is 23.6 Å². The van der Waals surface area contributed by atoms with Gasteiger partial charge in [0.05, 0.1) is 23.9 Å². The first-order valence-electron chi connectivity index (χ1n) is 13.6. The molecular weight excluding hydrogens is 540 g/mol. The summed E-state index contributed by atoms with van der Waals surface area (Å²) >= 11 is 6.49. The highest BCUT2D eigenvalue weighted by Crippen LogP contribution is 2.50. The topological polar surface area (TPSA) is 86.6 Å². The quantitative estimate of drug-likeness (QED) is 0.291. The van der Waals surface area contributed by atoms with Crippen LogP contribution in [0.1, 0.15) is 49.5 Å². The van der Waals surface area contributed by atoms with Crippen LogP contribution in [-0.4, -0.2) is 35.1 Å². The molecule has 0 saturated heterocycles. The van der Waals surface area contributed by atoms with E-state index in [1.165, 1.54) is 0 Å². The zero-order chi connectivity index (χ0) is 28.6. The van der Waals surface area contributed by atoms with Gasteiger partial charge < -0.3 is 14.2 Å². The summed E-state index contributed by atoms with van der Waals surface area (Å²) in [5, 5.41) is 0.157. The molecule has 2 aliphatic heterocycles. The fraction of sp³-hybridized carbons (Fsp3) is 0.273. The van der Waals surface area contributed by atoms with E-state index in [1.807, 2.05) is 92.7 Å². The molecule has 0 amide bonds. The number of esters is 2. The second-order valence-corrected chi connectivity index (χ2v) is 11.0. The average molecular weight is 569 g/mol. The molecule has 1 fully saturated rings. The third kappa shape index (κ3) is 4.95. The molecule has 8 heteroatoms. The van der Waals surface area contributed by atoms with Crippen LogP contribution in [0.25, 0.3) is 11.1 Å². The van der Waals surface area contributed by atoms with Crippen molar-refractivity contribution in [2.45, 2.75) is 50.4 Å². The molecule has 208 valence electrons. The molecular formula is C33H29ClN2O5. The summed E-state index contributed by atoms with van der Waals surface area (Å²) < 4.78 is 16.8. The van der Waals surface area contributed by atoms with Crippen LogP contribution in [0.2, 0.25) is 0 Å². The highest BCUT2D eigenvalue weighted by Gasteiger charge is 2.52. The van der Waals surface area contributed by atoms with Crippen molar-refractivity contribution >= 4 is 34.5 Å². The Morgan fingerprint density at radius 1 is 0.951 bits per heavy atom. The number of amidine groups is 1. The number of halogens is 1. The molecule has 6 rings (SSSR count). The number of rotatable bonds is 8. The predicted octanol–water partition coefficient (Wildman–Crippen LogP) is 6.46. The lowest BCUT2D eigenvalue weighted by molar-refractivity contribution is -0.146. The predicted molar refractivity (Wildman–Crippen MR) is 157 cm³/mol. The summed E-state index contributed by atoms with van der Waals surface area (Å²) in [7, 11) is 0. The van der Waals surface area contributed by atoms with E-state index in [0.717, 1.165) is 40.7 Å². The van der Waals surface area contributed by atoms with Gasteiger partial charge in [-0.25, -0.2) is 14.8 Å². The van der Waals surface area contributed by atoms with Crippen molar-refractivity contribution in [3.63, 3.8) is 0 Å². The van der Waals surface area contributed by atoms with Crippen LogP contribution in [0.3, 0.4) is 0 Å². The Hall–Kier alpha value is -4.23. The SMILES string of the molecule is CCOC(=O)C1(c2ccc(-c3ccc(C4OC=C5C(Cl)=NC(C(=O)OCc6ccccc6)=NC54C)cc3)cc2)CC1. The Kier molecular flexibility index (Phi) is 6.99. The van der Waals surface area contributed by atoms with Gasteiger partial charge in [-0.1, -0.05) is 90.5 Å². The molecule has 2 unspecified atom stereocenters. The number of carbonyl (C=O) groups is 2. The first-order chi connectivity index (χ1) is 19.8. The maximum Gasteiger partial charge on any atom is 0.376 e. The Labute approximate surface area is 243 Å². The molecule has 3 aliphatic rings. The van der Waals surface area contributed by atoms with Gasteiger partial charge in [0.25, 0.3) is 0 Å². The average Bonchev–Trinajstić information content (AvgIpc) is 3.73. The van der Waals surface area contributed by atoms with Crippen LogP contribution in [0.4, 0.5) is 0 Å². The third-order valence-corrected chi connectivity index (χ3v) is 8.23. The van der Waals surface area contributed by atoms with Gasteiger partial charge in [-0.15, -0.1) is 0 Å². The van der Waals surface area contributed by atoms with Crippen LogP contribution < -0.4 is 0 Å². The van der Waals surface area contributed by atoms with Gasteiger partial charge in [-0.3, -0.25) is 4.79 Å². The van der Waals surface area contributed by atoms with Crippen molar-refractivity contribution in [2.75, 3.05) is 6.61 Å². The Morgan fingerprint density at radius 2 is 1.61 bits per heavy atom. The molecule has 7 nitrogen and oxygen atoms in total. The first-order valence-corrected chi connectivity index (χ1v) is 14.0. The normalized spacial score (nSPS) is 21.9. The number of hydrogen-bond donors (Lipinski definition) is 0. The fourth-order valence-electron chi connectivity index (χ4n) is 5.42. The minimum absolute atomic E-state index is 0.0888. The maximum absolute atomic E-state index is 12.8. The Balaban J connectivity index is 1.19. The van der Waals surface area contributed by atoms with Crippen LogP contribution in [0.5, 0.6) is 0 Å². The minimum Gasteiger partial charge on any atom is -0.490 e. The van der Waals surface area contributed by atoms with Crippen LogP contribution in [-0.2, 0) is 35.8 Å². The van der Waals surface area contributed by atoms with E-state index in [1.54, 1.807) is 6.26 Å². The van der Waals surface area contributed by atoms with Gasteiger partial charge in [-0.05, 0) is 54.5 Å². The molecule has 1 aliphatic carbocycles. The molecule has 0 radical (unpaired) electrons. The van der Waals surface area contributed by atoms with Crippen molar-refractivity contribution in [1.29, 1.82) is 0 Å². The highest BCUT2D eigenvalue weighted by molar-refractivity contribution is 6.71. The highest BCUT2D eigenvalue weighted by atomic mass is 35.5. The van der Waals surface area contributed by atoms with Crippen molar-refractivity contribution < 1.29 is 23.8 Å². The molecule has 2 heterocycles. The molecule has 3 aromatic rings. The summed E-state index contributed by atoms with van der Waals surface area (Å²) in [4.78, 5) is 34.2. The molecule has 0 bridgehead atoms. The van der Waals surface area contributed by atoms with Crippen LogP contribution >= 0.6 is 11.6 Å². The summed E-state index contributed by atoms with van der Waals surface area (Å²) in [5.41, 5.74) is 3.96.